The van der Waals surface area contributed by atoms with Gasteiger partial charge in [-0.05, 0) is 60.9 Å². The number of benzene rings is 2. The van der Waals surface area contributed by atoms with Crippen LogP contribution in [-0.2, 0) is 26.7 Å². The van der Waals surface area contributed by atoms with Crippen molar-refractivity contribution in [2.75, 3.05) is 25.6 Å². The first kappa shape index (κ1) is 24.8. The van der Waals surface area contributed by atoms with Crippen LogP contribution in [0.2, 0.25) is 0 Å². The fourth-order valence-corrected chi connectivity index (χ4v) is 5.33. The average Bonchev–Trinajstić information content (AvgIpc) is 3.18. The molecule has 1 aliphatic rings. The van der Waals surface area contributed by atoms with Crippen molar-refractivity contribution < 1.29 is 14.3 Å². The van der Waals surface area contributed by atoms with Gasteiger partial charge in [-0.2, -0.15) is 0 Å². The Kier molecular flexibility index (Phi) is 5.95. The molecule has 0 radical (unpaired) electrons. The normalized spacial score (nSPS) is 14.4. The zero-order valence-electron chi connectivity index (χ0n) is 22.1. The number of esters is 1. The number of aryl methyl sites for hydroxylation is 2. The quantitative estimate of drug-likeness (QED) is 0.334. The lowest BCUT2D eigenvalue weighted by atomic mass is 9.76. The Hall–Kier alpha value is -4.50. The fourth-order valence-electron chi connectivity index (χ4n) is 5.33. The van der Waals surface area contributed by atoms with Gasteiger partial charge in [0.25, 0.3) is 0 Å². The topological polar surface area (TPSA) is 114 Å². The monoisotopic (exact) mass is 523 g/mol. The van der Waals surface area contributed by atoms with Crippen LogP contribution in [0.3, 0.4) is 0 Å². The molecule has 2 N–H and O–H groups in total. The van der Waals surface area contributed by atoms with Gasteiger partial charge in [0.05, 0.1) is 60.1 Å². The Bertz CT molecular complexity index is 1800. The minimum atomic E-state index is -0.411. The number of hydrogen-bond acceptors (Lipinski definition) is 7. The van der Waals surface area contributed by atoms with Crippen molar-refractivity contribution in [2.24, 2.45) is 7.05 Å². The van der Waals surface area contributed by atoms with Crippen LogP contribution < -0.4 is 11.4 Å². The molecule has 1 saturated heterocycles. The second kappa shape index (κ2) is 9.36. The molecule has 9 heteroatoms. The van der Waals surface area contributed by atoms with Gasteiger partial charge in [0.2, 0.25) is 0 Å². The number of hydrogen-bond donors (Lipinski definition) is 1. The third-order valence-electron chi connectivity index (χ3n) is 7.62. The maximum Gasteiger partial charge on any atom is 0.333 e. The first-order chi connectivity index (χ1) is 18.8. The molecule has 2 aromatic carbocycles. The largest absolute Gasteiger partial charge is 0.466 e. The Balaban J connectivity index is 1.48. The van der Waals surface area contributed by atoms with Crippen molar-refractivity contribution in [3.8, 4) is 16.8 Å². The lowest BCUT2D eigenvalue weighted by Crippen LogP contribution is -2.48. The van der Waals surface area contributed by atoms with E-state index in [9.17, 15) is 9.59 Å². The molecule has 0 bridgehead atoms. The molecule has 0 spiro atoms. The van der Waals surface area contributed by atoms with Crippen LogP contribution in [-0.4, -0.2) is 44.9 Å². The number of nitrogens with two attached hydrogens (primary N) is 1. The number of nitrogen functional groups attached to an aromatic ring is 1. The molecule has 4 heterocycles. The summed E-state index contributed by atoms with van der Waals surface area (Å²) in [4.78, 5) is 34.7. The van der Waals surface area contributed by atoms with E-state index in [1.165, 1.54) is 0 Å². The predicted octanol–water partition coefficient (Wildman–Crippen LogP) is 4.05. The van der Waals surface area contributed by atoms with Gasteiger partial charge in [0, 0.05) is 24.2 Å². The van der Waals surface area contributed by atoms with E-state index in [1.807, 2.05) is 55.5 Å². The standard InChI is InChI=1S/C30H29N5O4/c1-4-39-26(36)13-30(16-38-17-30)21-6-8-22(9-7-21)35-27-23-12-19(20-11-18(2)28(31)33-14-20)5-10-24(23)32-15-25(27)34(3)29(35)37/h5-12,14-15H,4,13,16-17H2,1-3H3,(H2,31,33). The Morgan fingerprint density at radius 3 is 2.51 bits per heavy atom. The molecular weight excluding hydrogens is 494 g/mol. The van der Waals surface area contributed by atoms with Crippen molar-refractivity contribution in [3.63, 3.8) is 0 Å². The van der Waals surface area contributed by atoms with Crippen molar-refractivity contribution in [1.29, 1.82) is 0 Å². The van der Waals surface area contributed by atoms with E-state index < -0.39 is 5.41 Å². The second-order valence-corrected chi connectivity index (χ2v) is 10.1. The molecule has 9 nitrogen and oxygen atoms in total. The molecule has 39 heavy (non-hydrogen) atoms. The van der Waals surface area contributed by atoms with Gasteiger partial charge < -0.3 is 15.2 Å². The van der Waals surface area contributed by atoms with Crippen LogP contribution in [0.5, 0.6) is 0 Å². The van der Waals surface area contributed by atoms with Crippen molar-refractivity contribution >= 4 is 33.7 Å². The second-order valence-electron chi connectivity index (χ2n) is 10.1. The van der Waals surface area contributed by atoms with Crippen LogP contribution >= 0.6 is 0 Å². The summed E-state index contributed by atoms with van der Waals surface area (Å²) in [7, 11) is 1.75. The van der Waals surface area contributed by atoms with Crippen LogP contribution in [0.15, 0.2) is 65.7 Å². The Labute approximate surface area is 224 Å². The predicted molar refractivity (Wildman–Crippen MR) is 150 cm³/mol. The zero-order valence-corrected chi connectivity index (χ0v) is 22.1. The van der Waals surface area contributed by atoms with E-state index >= 15 is 0 Å². The maximum absolute atomic E-state index is 13.5. The molecule has 0 saturated carbocycles. The SMILES string of the molecule is CCOC(=O)CC1(c2ccc(-n3c(=O)n(C)c4cnc5ccc(-c6cnc(N)c(C)c6)cc5c43)cc2)COC1. The van der Waals surface area contributed by atoms with Crippen LogP contribution in [0.4, 0.5) is 5.82 Å². The molecule has 5 aromatic rings. The molecule has 198 valence electrons. The van der Waals surface area contributed by atoms with Gasteiger partial charge in [-0.15, -0.1) is 0 Å². The third-order valence-corrected chi connectivity index (χ3v) is 7.62. The molecule has 0 unspecified atom stereocenters. The highest BCUT2D eigenvalue weighted by Gasteiger charge is 2.42. The third kappa shape index (κ3) is 4.06. The number of fused-ring (bicyclic) bond motifs is 3. The summed E-state index contributed by atoms with van der Waals surface area (Å²) in [6.07, 6.45) is 3.75. The molecule has 0 amide bonds. The number of imidazole rings is 1. The first-order valence-corrected chi connectivity index (χ1v) is 12.9. The van der Waals surface area contributed by atoms with Gasteiger partial charge in [-0.25, -0.2) is 9.78 Å². The maximum atomic E-state index is 13.5. The van der Waals surface area contributed by atoms with Gasteiger partial charge >= 0.3 is 11.7 Å². The minimum absolute atomic E-state index is 0.171. The number of ether oxygens (including phenoxy) is 2. The lowest BCUT2D eigenvalue weighted by molar-refractivity contribution is -0.151. The zero-order chi connectivity index (χ0) is 27.3. The van der Waals surface area contributed by atoms with Gasteiger partial charge in [-0.3, -0.25) is 18.9 Å². The van der Waals surface area contributed by atoms with Crippen molar-refractivity contribution in [2.45, 2.75) is 25.7 Å². The highest BCUT2D eigenvalue weighted by molar-refractivity contribution is 6.04. The Morgan fingerprint density at radius 2 is 1.85 bits per heavy atom. The molecule has 1 fully saturated rings. The van der Waals surface area contributed by atoms with Crippen LogP contribution in [0.25, 0.3) is 38.8 Å². The number of rotatable bonds is 6. The molecule has 1 aliphatic heterocycles. The Morgan fingerprint density at radius 1 is 1.08 bits per heavy atom. The van der Waals surface area contributed by atoms with E-state index in [1.54, 1.807) is 35.5 Å². The average molecular weight is 524 g/mol. The molecular formula is C30H29N5O4. The molecule has 6 rings (SSSR count). The summed E-state index contributed by atoms with van der Waals surface area (Å²) in [5.74, 6) is 0.262. The van der Waals surface area contributed by atoms with E-state index in [4.69, 9.17) is 15.2 Å². The van der Waals surface area contributed by atoms with E-state index in [0.717, 1.165) is 49.9 Å². The fraction of sp³-hybridized carbons (Fsp3) is 0.267. The number of aromatic nitrogens is 4. The van der Waals surface area contributed by atoms with Crippen LogP contribution in [0.1, 0.15) is 24.5 Å². The first-order valence-electron chi connectivity index (χ1n) is 12.9. The van der Waals surface area contributed by atoms with E-state index in [2.05, 4.69) is 9.97 Å². The number of anilines is 1. The highest BCUT2D eigenvalue weighted by atomic mass is 16.5. The smallest absolute Gasteiger partial charge is 0.333 e. The van der Waals surface area contributed by atoms with Gasteiger partial charge in [0.15, 0.2) is 0 Å². The lowest BCUT2D eigenvalue weighted by Gasteiger charge is -2.41. The minimum Gasteiger partial charge on any atom is -0.466 e. The number of carbonyl (C=O) groups excluding carboxylic acids is 1. The summed E-state index contributed by atoms with van der Waals surface area (Å²) >= 11 is 0. The molecule has 3 aromatic heterocycles. The summed E-state index contributed by atoms with van der Waals surface area (Å²) in [6.45, 7) is 4.99. The summed E-state index contributed by atoms with van der Waals surface area (Å²) in [6, 6.07) is 15.8. The van der Waals surface area contributed by atoms with Gasteiger partial charge in [-0.1, -0.05) is 18.2 Å². The summed E-state index contributed by atoms with van der Waals surface area (Å²) in [5.41, 5.74) is 12.1. The number of nitrogens with zero attached hydrogens (tertiary/aromatic N) is 4. The highest BCUT2D eigenvalue weighted by Crippen LogP contribution is 2.37. The van der Waals surface area contributed by atoms with Crippen LogP contribution in [0, 0.1) is 6.92 Å². The molecule has 0 atom stereocenters. The van der Waals surface area contributed by atoms with E-state index in [-0.39, 0.29) is 18.1 Å². The summed E-state index contributed by atoms with van der Waals surface area (Å²) in [5, 5.41) is 0.854. The number of pyridine rings is 2. The van der Waals surface area contributed by atoms with Gasteiger partial charge in [0.1, 0.15) is 5.82 Å². The van der Waals surface area contributed by atoms with Crippen molar-refractivity contribution in [1.82, 2.24) is 19.1 Å². The van der Waals surface area contributed by atoms with E-state index in [0.29, 0.717) is 25.6 Å². The molecule has 0 aliphatic carbocycles. The number of carbonyl (C=O) groups is 1. The summed E-state index contributed by atoms with van der Waals surface area (Å²) < 4.78 is 14.0. The van der Waals surface area contributed by atoms with Crippen molar-refractivity contribution in [3.05, 3.63) is 82.5 Å².